The molecule has 1 fully saturated rings. The Bertz CT molecular complexity index is 97.2. The SMILES string of the molecule is NCC=CC1OCCO1. The molecule has 52 valence electrons. The van der Waals surface area contributed by atoms with Crippen molar-refractivity contribution in [2.45, 2.75) is 6.29 Å². The van der Waals surface area contributed by atoms with Crippen LogP contribution in [0.25, 0.3) is 0 Å². The highest BCUT2D eigenvalue weighted by atomic mass is 16.7. The highest BCUT2D eigenvalue weighted by Crippen LogP contribution is 2.03. The summed E-state index contributed by atoms with van der Waals surface area (Å²) >= 11 is 0. The lowest BCUT2D eigenvalue weighted by Crippen LogP contribution is -2.03. The van der Waals surface area contributed by atoms with Gasteiger partial charge in [0.05, 0.1) is 13.2 Å². The summed E-state index contributed by atoms with van der Waals surface area (Å²) in [6.45, 7) is 1.93. The average molecular weight is 129 g/mol. The molecule has 1 saturated heterocycles. The van der Waals surface area contributed by atoms with Gasteiger partial charge in [0, 0.05) is 6.54 Å². The van der Waals surface area contributed by atoms with Gasteiger partial charge in [0.25, 0.3) is 0 Å². The highest BCUT2D eigenvalue weighted by Gasteiger charge is 2.10. The molecule has 1 heterocycles. The summed E-state index contributed by atoms with van der Waals surface area (Å²) in [5, 5.41) is 0. The molecule has 0 aliphatic carbocycles. The van der Waals surface area contributed by atoms with Crippen LogP contribution < -0.4 is 5.73 Å². The van der Waals surface area contributed by atoms with Crippen LogP contribution in [0.5, 0.6) is 0 Å². The third-order valence-electron chi connectivity index (χ3n) is 1.08. The molecule has 9 heavy (non-hydrogen) atoms. The zero-order valence-electron chi connectivity index (χ0n) is 5.25. The van der Waals surface area contributed by atoms with Gasteiger partial charge in [-0.15, -0.1) is 0 Å². The van der Waals surface area contributed by atoms with Crippen LogP contribution in [-0.4, -0.2) is 26.0 Å². The number of hydrogen-bond donors (Lipinski definition) is 1. The van der Waals surface area contributed by atoms with E-state index in [0.717, 1.165) is 0 Å². The Morgan fingerprint density at radius 1 is 1.44 bits per heavy atom. The lowest BCUT2D eigenvalue weighted by atomic mass is 10.5. The van der Waals surface area contributed by atoms with Crippen LogP contribution in [0.3, 0.4) is 0 Å². The molecule has 0 aromatic carbocycles. The van der Waals surface area contributed by atoms with E-state index < -0.39 is 0 Å². The molecule has 0 atom stereocenters. The van der Waals surface area contributed by atoms with Crippen LogP contribution in [0, 0.1) is 0 Å². The van der Waals surface area contributed by atoms with Crippen LogP contribution in [0.2, 0.25) is 0 Å². The van der Waals surface area contributed by atoms with Crippen molar-refractivity contribution in [1.82, 2.24) is 0 Å². The molecular weight excluding hydrogens is 118 g/mol. The predicted molar refractivity (Wildman–Crippen MR) is 33.9 cm³/mol. The summed E-state index contributed by atoms with van der Waals surface area (Å²) in [4.78, 5) is 0. The van der Waals surface area contributed by atoms with Gasteiger partial charge < -0.3 is 15.2 Å². The van der Waals surface area contributed by atoms with E-state index in [1.54, 1.807) is 0 Å². The highest BCUT2D eigenvalue weighted by molar-refractivity contribution is 4.86. The second-order valence-corrected chi connectivity index (χ2v) is 1.77. The van der Waals surface area contributed by atoms with E-state index in [1.807, 2.05) is 12.2 Å². The Balaban J connectivity index is 2.18. The predicted octanol–water partition coefficient (Wildman–Crippen LogP) is -0.126. The fraction of sp³-hybridized carbons (Fsp3) is 0.667. The molecule has 1 aliphatic rings. The van der Waals surface area contributed by atoms with Crippen molar-refractivity contribution in [3.63, 3.8) is 0 Å². The van der Waals surface area contributed by atoms with E-state index in [4.69, 9.17) is 15.2 Å². The second-order valence-electron chi connectivity index (χ2n) is 1.77. The quantitative estimate of drug-likeness (QED) is 0.528. The summed E-state index contributed by atoms with van der Waals surface area (Å²) in [6, 6.07) is 0. The van der Waals surface area contributed by atoms with Gasteiger partial charge in [-0.3, -0.25) is 0 Å². The molecule has 0 unspecified atom stereocenters. The molecule has 0 aromatic rings. The lowest BCUT2D eigenvalue weighted by molar-refractivity contribution is -0.00166. The Morgan fingerprint density at radius 2 is 2.11 bits per heavy atom. The molecule has 0 aromatic heterocycles. The molecule has 3 nitrogen and oxygen atoms in total. The van der Waals surface area contributed by atoms with E-state index in [1.165, 1.54) is 0 Å². The van der Waals surface area contributed by atoms with Crippen LogP contribution in [0.4, 0.5) is 0 Å². The maximum Gasteiger partial charge on any atom is 0.177 e. The molecule has 2 N–H and O–H groups in total. The van der Waals surface area contributed by atoms with Gasteiger partial charge in [0.1, 0.15) is 0 Å². The van der Waals surface area contributed by atoms with Gasteiger partial charge >= 0.3 is 0 Å². The van der Waals surface area contributed by atoms with E-state index in [-0.39, 0.29) is 6.29 Å². The molecule has 1 aliphatic heterocycles. The van der Waals surface area contributed by atoms with Gasteiger partial charge in [0.2, 0.25) is 0 Å². The first-order valence-corrected chi connectivity index (χ1v) is 3.03. The van der Waals surface area contributed by atoms with Crippen molar-refractivity contribution in [3.05, 3.63) is 12.2 Å². The van der Waals surface area contributed by atoms with Gasteiger partial charge in [-0.05, 0) is 6.08 Å². The first kappa shape index (κ1) is 6.74. The first-order chi connectivity index (χ1) is 4.43. The molecule has 0 spiro atoms. The van der Waals surface area contributed by atoms with Crippen molar-refractivity contribution in [2.75, 3.05) is 19.8 Å². The largest absolute Gasteiger partial charge is 0.347 e. The summed E-state index contributed by atoms with van der Waals surface area (Å²) in [6.07, 6.45) is 3.51. The standard InChI is InChI=1S/C6H11NO2/c7-3-1-2-6-8-4-5-9-6/h1-2,6H,3-5,7H2. The minimum absolute atomic E-state index is 0.145. The van der Waals surface area contributed by atoms with Gasteiger partial charge in [-0.2, -0.15) is 0 Å². The van der Waals surface area contributed by atoms with Crippen LogP contribution in [0.1, 0.15) is 0 Å². The summed E-state index contributed by atoms with van der Waals surface area (Å²) in [5.74, 6) is 0. The van der Waals surface area contributed by atoms with E-state index >= 15 is 0 Å². The molecule has 0 radical (unpaired) electrons. The fourth-order valence-electron chi connectivity index (χ4n) is 0.677. The third kappa shape index (κ3) is 2.13. The Labute approximate surface area is 54.4 Å². The summed E-state index contributed by atoms with van der Waals surface area (Å²) in [7, 11) is 0. The minimum atomic E-state index is -0.145. The molecular formula is C6H11NO2. The van der Waals surface area contributed by atoms with Crippen molar-refractivity contribution >= 4 is 0 Å². The van der Waals surface area contributed by atoms with Crippen molar-refractivity contribution in [2.24, 2.45) is 5.73 Å². The van der Waals surface area contributed by atoms with Crippen molar-refractivity contribution < 1.29 is 9.47 Å². The van der Waals surface area contributed by atoms with Crippen LogP contribution >= 0.6 is 0 Å². The first-order valence-electron chi connectivity index (χ1n) is 3.03. The smallest absolute Gasteiger partial charge is 0.177 e. The normalized spacial score (nSPS) is 21.9. The molecule has 0 amide bonds. The fourth-order valence-corrected chi connectivity index (χ4v) is 0.677. The molecule has 0 bridgehead atoms. The molecule has 1 rings (SSSR count). The zero-order chi connectivity index (χ0) is 6.53. The Morgan fingerprint density at radius 3 is 2.67 bits per heavy atom. The van der Waals surface area contributed by atoms with Crippen molar-refractivity contribution in [3.8, 4) is 0 Å². The van der Waals surface area contributed by atoms with Gasteiger partial charge in [-0.1, -0.05) is 6.08 Å². The number of rotatable bonds is 2. The van der Waals surface area contributed by atoms with Gasteiger partial charge in [-0.25, -0.2) is 0 Å². The number of ether oxygens (including phenoxy) is 2. The topological polar surface area (TPSA) is 44.5 Å². The zero-order valence-corrected chi connectivity index (χ0v) is 5.25. The summed E-state index contributed by atoms with van der Waals surface area (Å²) in [5.41, 5.74) is 5.21. The summed E-state index contributed by atoms with van der Waals surface area (Å²) < 4.78 is 10.2. The Hall–Kier alpha value is -0.380. The maximum atomic E-state index is 5.21. The van der Waals surface area contributed by atoms with E-state index in [9.17, 15) is 0 Å². The lowest BCUT2D eigenvalue weighted by Gasteiger charge is -1.99. The molecule has 0 saturated carbocycles. The minimum Gasteiger partial charge on any atom is -0.347 e. The Kier molecular flexibility index (Phi) is 2.70. The second kappa shape index (κ2) is 3.61. The van der Waals surface area contributed by atoms with E-state index in [0.29, 0.717) is 19.8 Å². The monoisotopic (exact) mass is 129 g/mol. The van der Waals surface area contributed by atoms with Crippen LogP contribution in [-0.2, 0) is 9.47 Å². The average Bonchev–Trinajstić information content (AvgIpc) is 2.34. The van der Waals surface area contributed by atoms with Gasteiger partial charge in [0.15, 0.2) is 6.29 Å². The van der Waals surface area contributed by atoms with Crippen LogP contribution in [0.15, 0.2) is 12.2 Å². The van der Waals surface area contributed by atoms with Crippen molar-refractivity contribution in [1.29, 1.82) is 0 Å². The number of nitrogens with two attached hydrogens (primary N) is 1. The molecule has 3 heteroatoms. The number of hydrogen-bond acceptors (Lipinski definition) is 3. The maximum absolute atomic E-state index is 5.21. The van der Waals surface area contributed by atoms with E-state index in [2.05, 4.69) is 0 Å². The third-order valence-corrected chi connectivity index (χ3v) is 1.08.